The Balaban J connectivity index is 1.81. The molecule has 0 unspecified atom stereocenters. The minimum Gasteiger partial charge on any atom is -0.454 e. The number of carbonyl (C=O) groups excluding carboxylic acids is 3. The molecule has 6 nitrogen and oxygen atoms in total. The Hall–Kier alpha value is -3.29. The van der Waals surface area contributed by atoms with Crippen LogP contribution >= 0.6 is 0 Å². The molecule has 0 bridgehead atoms. The zero-order valence-electron chi connectivity index (χ0n) is 16.8. The zero-order valence-corrected chi connectivity index (χ0v) is 16.8. The molecule has 0 aromatic heterocycles. The lowest BCUT2D eigenvalue weighted by atomic mass is 10.0. The van der Waals surface area contributed by atoms with Gasteiger partial charge in [-0.15, -0.1) is 0 Å². The highest BCUT2D eigenvalue weighted by atomic mass is 19.1. The molecule has 0 heterocycles. The number of halogens is 2. The van der Waals surface area contributed by atoms with Crippen LogP contribution in [0, 0.1) is 17.6 Å². The highest BCUT2D eigenvalue weighted by molar-refractivity contribution is 5.97. The van der Waals surface area contributed by atoms with Gasteiger partial charge in [-0.2, -0.15) is 0 Å². The highest BCUT2D eigenvalue weighted by Gasteiger charge is 2.27. The Morgan fingerprint density at radius 3 is 2.30 bits per heavy atom. The van der Waals surface area contributed by atoms with Crippen LogP contribution in [0.3, 0.4) is 0 Å². The lowest BCUT2D eigenvalue weighted by Gasteiger charge is -2.21. The van der Waals surface area contributed by atoms with E-state index in [2.05, 4.69) is 10.6 Å². The van der Waals surface area contributed by atoms with Crippen LogP contribution in [0.25, 0.3) is 0 Å². The van der Waals surface area contributed by atoms with Gasteiger partial charge in [0.25, 0.3) is 11.8 Å². The van der Waals surface area contributed by atoms with Crippen LogP contribution in [0.4, 0.5) is 8.78 Å². The van der Waals surface area contributed by atoms with E-state index < -0.39 is 36.2 Å². The van der Waals surface area contributed by atoms with Crippen molar-refractivity contribution in [3.63, 3.8) is 0 Å². The summed E-state index contributed by atoms with van der Waals surface area (Å²) in [4.78, 5) is 36.5. The SMILES string of the molecule is CC(C)[C@H](NC(=O)c1ccccc1F)C(=O)OCC(=O)NCCc1ccc(F)cc1. The molecule has 2 N–H and O–H groups in total. The molecule has 0 aliphatic heterocycles. The molecule has 0 saturated heterocycles. The summed E-state index contributed by atoms with van der Waals surface area (Å²) in [7, 11) is 0. The number of amides is 2. The zero-order chi connectivity index (χ0) is 22.1. The minimum atomic E-state index is -1.04. The summed E-state index contributed by atoms with van der Waals surface area (Å²) in [5.41, 5.74) is 0.666. The average Bonchev–Trinajstić information content (AvgIpc) is 2.71. The van der Waals surface area contributed by atoms with Crippen LogP contribution in [-0.4, -0.2) is 37.0 Å². The number of rotatable bonds is 9. The maximum atomic E-state index is 13.8. The summed E-state index contributed by atoms with van der Waals surface area (Å²) in [6.45, 7) is 3.16. The Kier molecular flexibility index (Phi) is 8.46. The topological polar surface area (TPSA) is 84.5 Å². The normalized spacial score (nSPS) is 11.6. The fraction of sp³-hybridized carbons (Fsp3) is 0.318. The van der Waals surface area contributed by atoms with E-state index >= 15 is 0 Å². The van der Waals surface area contributed by atoms with Crippen LogP contribution in [0.5, 0.6) is 0 Å². The Morgan fingerprint density at radius 1 is 1.00 bits per heavy atom. The third kappa shape index (κ3) is 6.95. The first kappa shape index (κ1) is 23.0. The predicted octanol–water partition coefficient (Wildman–Crippen LogP) is 2.62. The molecule has 0 spiro atoms. The summed E-state index contributed by atoms with van der Waals surface area (Å²) >= 11 is 0. The van der Waals surface area contributed by atoms with Gasteiger partial charge in [-0.25, -0.2) is 13.6 Å². The maximum Gasteiger partial charge on any atom is 0.329 e. The molecule has 2 amide bonds. The van der Waals surface area contributed by atoms with Crippen molar-refractivity contribution < 1.29 is 27.9 Å². The first-order valence-electron chi connectivity index (χ1n) is 9.51. The number of benzene rings is 2. The third-order valence-corrected chi connectivity index (χ3v) is 4.32. The number of nitrogens with one attached hydrogen (secondary N) is 2. The van der Waals surface area contributed by atoms with Gasteiger partial charge in [-0.05, 0) is 42.2 Å². The molecule has 1 atom stereocenters. The summed E-state index contributed by atoms with van der Waals surface area (Å²) < 4.78 is 31.6. The quantitative estimate of drug-likeness (QED) is 0.613. The van der Waals surface area contributed by atoms with Gasteiger partial charge in [-0.1, -0.05) is 38.1 Å². The molecule has 0 aliphatic carbocycles. The van der Waals surface area contributed by atoms with Crippen LogP contribution in [-0.2, 0) is 20.7 Å². The van der Waals surface area contributed by atoms with E-state index in [0.29, 0.717) is 13.0 Å². The number of carbonyl (C=O) groups is 3. The average molecular weight is 418 g/mol. The molecule has 2 rings (SSSR count). The fourth-order valence-electron chi connectivity index (χ4n) is 2.64. The van der Waals surface area contributed by atoms with Gasteiger partial charge < -0.3 is 15.4 Å². The van der Waals surface area contributed by atoms with Gasteiger partial charge in [0.15, 0.2) is 6.61 Å². The van der Waals surface area contributed by atoms with E-state index in [1.807, 2.05) is 0 Å². The molecule has 8 heteroatoms. The van der Waals surface area contributed by atoms with Gasteiger partial charge in [0.1, 0.15) is 17.7 Å². The van der Waals surface area contributed by atoms with E-state index in [1.54, 1.807) is 26.0 Å². The van der Waals surface area contributed by atoms with Crippen molar-refractivity contribution in [3.05, 3.63) is 71.3 Å². The van der Waals surface area contributed by atoms with Crippen molar-refractivity contribution in [1.29, 1.82) is 0 Å². The van der Waals surface area contributed by atoms with E-state index in [4.69, 9.17) is 4.74 Å². The van der Waals surface area contributed by atoms with Crippen LogP contribution in [0.2, 0.25) is 0 Å². The summed E-state index contributed by atoms with van der Waals surface area (Å²) in [5, 5.41) is 5.05. The predicted molar refractivity (Wildman–Crippen MR) is 107 cm³/mol. The van der Waals surface area contributed by atoms with E-state index in [1.165, 1.54) is 30.3 Å². The van der Waals surface area contributed by atoms with Crippen molar-refractivity contribution in [2.24, 2.45) is 5.92 Å². The van der Waals surface area contributed by atoms with Gasteiger partial charge in [0, 0.05) is 6.54 Å². The van der Waals surface area contributed by atoms with E-state index in [9.17, 15) is 23.2 Å². The van der Waals surface area contributed by atoms with Gasteiger partial charge in [-0.3, -0.25) is 9.59 Å². The minimum absolute atomic E-state index is 0.186. The molecule has 2 aromatic carbocycles. The molecule has 0 fully saturated rings. The van der Waals surface area contributed by atoms with Crippen molar-refractivity contribution in [1.82, 2.24) is 10.6 Å². The van der Waals surface area contributed by atoms with Crippen LogP contribution in [0.1, 0.15) is 29.8 Å². The Labute approximate surface area is 173 Å². The monoisotopic (exact) mass is 418 g/mol. The third-order valence-electron chi connectivity index (χ3n) is 4.32. The molecule has 30 heavy (non-hydrogen) atoms. The van der Waals surface area contributed by atoms with Crippen LogP contribution in [0.15, 0.2) is 48.5 Å². The molecule has 0 radical (unpaired) electrons. The van der Waals surface area contributed by atoms with Crippen molar-refractivity contribution in [2.75, 3.05) is 13.2 Å². The number of esters is 1. The lowest BCUT2D eigenvalue weighted by Crippen LogP contribution is -2.46. The van der Waals surface area contributed by atoms with Crippen molar-refractivity contribution >= 4 is 17.8 Å². The summed E-state index contributed by atoms with van der Waals surface area (Å²) in [5.74, 6) is -3.41. The lowest BCUT2D eigenvalue weighted by molar-refractivity contribution is -0.151. The summed E-state index contributed by atoms with van der Waals surface area (Å²) in [6, 6.07) is 10.3. The summed E-state index contributed by atoms with van der Waals surface area (Å²) in [6.07, 6.45) is 0.493. The van der Waals surface area contributed by atoms with Gasteiger partial charge >= 0.3 is 5.97 Å². The largest absolute Gasteiger partial charge is 0.454 e. The second-order valence-corrected chi connectivity index (χ2v) is 7.01. The highest BCUT2D eigenvalue weighted by Crippen LogP contribution is 2.10. The first-order chi connectivity index (χ1) is 14.3. The second-order valence-electron chi connectivity index (χ2n) is 7.01. The fourth-order valence-corrected chi connectivity index (χ4v) is 2.64. The van der Waals surface area contributed by atoms with Crippen molar-refractivity contribution in [2.45, 2.75) is 26.3 Å². The first-order valence-corrected chi connectivity index (χ1v) is 9.51. The number of ether oxygens (including phenoxy) is 1. The number of hydrogen-bond donors (Lipinski definition) is 2. The molecule has 160 valence electrons. The standard InChI is InChI=1S/C22H24F2N2O4/c1-14(2)20(26-21(28)17-5-3-4-6-18(17)24)22(29)30-13-19(27)25-12-11-15-7-9-16(23)10-8-15/h3-10,14,20H,11-13H2,1-2H3,(H,25,27)(H,26,28)/t20-/m0/s1. The second kappa shape index (κ2) is 11.0. The van der Waals surface area contributed by atoms with E-state index in [0.717, 1.165) is 11.6 Å². The molecular formula is C22H24F2N2O4. The van der Waals surface area contributed by atoms with Crippen molar-refractivity contribution in [3.8, 4) is 0 Å². The van der Waals surface area contributed by atoms with E-state index in [-0.39, 0.29) is 17.3 Å². The van der Waals surface area contributed by atoms with Gasteiger partial charge in [0.2, 0.25) is 0 Å². The smallest absolute Gasteiger partial charge is 0.329 e. The Bertz CT molecular complexity index is 885. The number of hydrogen-bond acceptors (Lipinski definition) is 4. The maximum absolute atomic E-state index is 13.8. The molecule has 0 saturated carbocycles. The van der Waals surface area contributed by atoms with Crippen LogP contribution < -0.4 is 10.6 Å². The van der Waals surface area contributed by atoms with Gasteiger partial charge in [0.05, 0.1) is 5.56 Å². The Morgan fingerprint density at radius 2 is 1.67 bits per heavy atom. The molecule has 0 aliphatic rings. The molecule has 2 aromatic rings. The molecular weight excluding hydrogens is 394 g/mol.